The van der Waals surface area contributed by atoms with Crippen molar-refractivity contribution < 1.29 is 9.53 Å². The molecule has 1 N–H and O–H groups in total. The summed E-state index contributed by atoms with van der Waals surface area (Å²) in [5.41, 5.74) is 0.366. The quantitative estimate of drug-likeness (QED) is 0.814. The highest BCUT2D eigenvalue weighted by molar-refractivity contribution is 5.96. The molecule has 0 aromatic carbocycles. The first-order valence-corrected chi connectivity index (χ1v) is 5.03. The van der Waals surface area contributed by atoms with E-state index in [0.29, 0.717) is 5.75 Å². The largest absolute Gasteiger partial charge is 0.489 e. The predicted octanol–water partition coefficient (Wildman–Crippen LogP) is 0.854. The third kappa shape index (κ3) is 2.11. The first-order valence-electron chi connectivity index (χ1n) is 5.03. The molecule has 5 heteroatoms. The molecule has 16 heavy (non-hydrogen) atoms. The lowest BCUT2D eigenvalue weighted by atomic mass is 10.2. The summed E-state index contributed by atoms with van der Waals surface area (Å²) in [5.74, 6) is 0.213. The van der Waals surface area contributed by atoms with Crippen LogP contribution < -0.4 is 10.1 Å². The van der Waals surface area contributed by atoms with E-state index in [-0.39, 0.29) is 23.3 Å². The van der Waals surface area contributed by atoms with Crippen molar-refractivity contribution in [2.24, 2.45) is 0 Å². The maximum absolute atomic E-state index is 11.5. The molecule has 1 aromatic rings. The summed E-state index contributed by atoms with van der Waals surface area (Å²) < 4.78 is 5.51. The molecule has 2 rings (SSSR count). The maximum atomic E-state index is 11.5. The number of nitriles is 1. The lowest BCUT2D eigenvalue weighted by Gasteiger charge is -2.06. The number of ether oxygens (including phenoxy) is 1. The van der Waals surface area contributed by atoms with Gasteiger partial charge in [0.1, 0.15) is 11.8 Å². The standard InChI is InChI=1S/C11H11N3O2/c1-13-11(15)9-4-8(16-7-2-3-7)6-14-10(9)5-12/h4,6-7H,2-3H2,1H3,(H,13,15). The van der Waals surface area contributed by atoms with Gasteiger partial charge in [0, 0.05) is 7.05 Å². The molecule has 1 aliphatic rings. The van der Waals surface area contributed by atoms with E-state index in [1.807, 2.05) is 6.07 Å². The van der Waals surface area contributed by atoms with E-state index >= 15 is 0 Å². The molecule has 1 aromatic heterocycles. The fourth-order valence-electron chi connectivity index (χ4n) is 1.29. The highest BCUT2D eigenvalue weighted by Gasteiger charge is 2.24. The van der Waals surface area contributed by atoms with Crippen LogP contribution >= 0.6 is 0 Å². The first kappa shape index (κ1) is 10.4. The molecule has 1 saturated carbocycles. The molecule has 0 saturated heterocycles. The molecular weight excluding hydrogens is 206 g/mol. The zero-order valence-electron chi connectivity index (χ0n) is 8.86. The number of rotatable bonds is 3. The van der Waals surface area contributed by atoms with Crippen molar-refractivity contribution in [3.63, 3.8) is 0 Å². The van der Waals surface area contributed by atoms with Gasteiger partial charge in [0.2, 0.25) is 0 Å². The SMILES string of the molecule is CNC(=O)c1cc(OC2CC2)cnc1C#N. The Balaban J connectivity index is 2.30. The molecule has 0 atom stereocenters. The van der Waals surface area contributed by atoms with E-state index in [1.54, 1.807) is 6.07 Å². The Morgan fingerprint density at radius 3 is 3.00 bits per heavy atom. The molecule has 0 unspecified atom stereocenters. The van der Waals surface area contributed by atoms with E-state index < -0.39 is 0 Å². The lowest BCUT2D eigenvalue weighted by molar-refractivity contribution is 0.0962. The van der Waals surface area contributed by atoms with E-state index in [9.17, 15) is 4.79 Å². The third-order valence-corrected chi connectivity index (χ3v) is 2.27. The van der Waals surface area contributed by atoms with Crippen molar-refractivity contribution in [1.29, 1.82) is 5.26 Å². The number of aromatic nitrogens is 1. The van der Waals surface area contributed by atoms with Gasteiger partial charge >= 0.3 is 0 Å². The van der Waals surface area contributed by atoms with Crippen LogP contribution in [0.4, 0.5) is 0 Å². The monoisotopic (exact) mass is 217 g/mol. The summed E-state index contributed by atoms with van der Waals surface area (Å²) in [5, 5.41) is 11.3. The molecule has 1 heterocycles. The van der Waals surface area contributed by atoms with Crippen LogP contribution in [-0.2, 0) is 0 Å². The lowest BCUT2D eigenvalue weighted by Crippen LogP contribution is -2.19. The fraction of sp³-hybridized carbons (Fsp3) is 0.364. The number of hydrogen-bond acceptors (Lipinski definition) is 4. The third-order valence-electron chi connectivity index (χ3n) is 2.27. The van der Waals surface area contributed by atoms with Crippen molar-refractivity contribution >= 4 is 5.91 Å². The van der Waals surface area contributed by atoms with Crippen LogP contribution in [0.25, 0.3) is 0 Å². The molecule has 5 nitrogen and oxygen atoms in total. The molecular formula is C11H11N3O2. The van der Waals surface area contributed by atoms with Crippen LogP contribution in [0.5, 0.6) is 5.75 Å². The van der Waals surface area contributed by atoms with E-state index in [4.69, 9.17) is 10.00 Å². The molecule has 0 spiro atoms. The van der Waals surface area contributed by atoms with Gasteiger partial charge in [-0.3, -0.25) is 4.79 Å². The van der Waals surface area contributed by atoms with Crippen molar-refractivity contribution in [2.45, 2.75) is 18.9 Å². The number of pyridine rings is 1. The second kappa shape index (κ2) is 4.19. The Morgan fingerprint density at radius 2 is 2.44 bits per heavy atom. The van der Waals surface area contributed by atoms with Gasteiger partial charge in [-0.1, -0.05) is 0 Å². The smallest absolute Gasteiger partial charge is 0.254 e. The summed E-state index contributed by atoms with van der Waals surface area (Å²) >= 11 is 0. The van der Waals surface area contributed by atoms with Crippen LogP contribution in [-0.4, -0.2) is 24.0 Å². The molecule has 1 aliphatic carbocycles. The van der Waals surface area contributed by atoms with Crippen molar-refractivity contribution in [3.05, 3.63) is 23.5 Å². The number of nitrogens with one attached hydrogen (secondary N) is 1. The Morgan fingerprint density at radius 1 is 1.69 bits per heavy atom. The summed E-state index contributed by atoms with van der Waals surface area (Å²) in [7, 11) is 1.51. The average Bonchev–Trinajstić information content (AvgIpc) is 3.12. The van der Waals surface area contributed by atoms with Crippen LogP contribution in [0.1, 0.15) is 28.9 Å². The Labute approximate surface area is 93.1 Å². The summed E-state index contributed by atoms with van der Waals surface area (Å²) in [6.07, 6.45) is 3.79. The summed E-state index contributed by atoms with van der Waals surface area (Å²) in [4.78, 5) is 15.4. The minimum atomic E-state index is -0.328. The number of amides is 1. The topological polar surface area (TPSA) is 75.0 Å². The number of carbonyl (C=O) groups excluding carboxylic acids is 1. The molecule has 0 aliphatic heterocycles. The predicted molar refractivity (Wildman–Crippen MR) is 56.0 cm³/mol. The highest BCUT2D eigenvalue weighted by Crippen LogP contribution is 2.27. The Bertz CT molecular complexity index is 461. The van der Waals surface area contributed by atoms with Gasteiger partial charge in [-0.25, -0.2) is 4.98 Å². The highest BCUT2D eigenvalue weighted by atomic mass is 16.5. The van der Waals surface area contributed by atoms with Gasteiger partial charge in [-0.2, -0.15) is 5.26 Å². The summed E-state index contributed by atoms with van der Waals surface area (Å²) in [6, 6.07) is 3.44. The number of nitrogens with zero attached hydrogens (tertiary/aromatic N) is 2. The van der Waals surface area contributed by atoms with Crippen LogP contribution in [0.3, 0.4) is 0 Å². The van der Waals surface area contributed by atoms with Crippen molar-refractivity contribution in [2.75, 3.05) is 7.05 Å². The first-order chi connectivity index (χ1) is 7.74. The van der Waals surface area contributed by atoms with Gasteiger partial charge in [0.15, 0.2) is 5.69 Å². The molecule has 1 fully saturated rings. The van der Waals surface area contributed by atoms with E-state index in [0.717, 1.165) is 12.8 Å². The van der Waals surface area contributed by atoms with Gasteiger partial charge in [-0.15, -0.1) is 0 Å². The van der Waals surface area contributed by atoms with Gasteiger partial charge in [0.25, 0.3) is 5.91 Å². The molecule has 82 valence electrons. The van der Waals surface area contributed by atoms with Crippen molar-refractivity contribution in [1.82, 2.24) is 10.3 Å². The Kier molecular flexibility index (Phi) is 2.73. The Hall–Kier alpha value is -2.09. The molecule has 0 bridgehead atoms. The second-order valence-electron chi connectivity index (χ2n) is 3.58. The maximum Gasteiger partial charge on any atom is 0.254 e. The fourth-order valence-corrected chi connectivity index (χ4v) is 1.29. The van der Waals surface area contributed by atoms with Crippen molar-refractivity contribution in [3.8, 4) is 11.8 Å². The minimum absolute atomic E-state index is 0.113. The van der Waals surface area contributed by atoms with Crippen LogP contribution in [0.2, 0.25) is 0 Å². The normalized spacial score (nSPS) is 14.0. The molecule has 0 radical (unpaired) electrons. The van der Waals surface area contributed by atoms with E-state index in [2.05, 4.69) is 10.3 Å². The van der Waals surface area contributed by atoms with Crippen LogP contribution in [0.15, 0.2) is 12.3 Å². The summed E-state index contributed by atoms with van der Waals surface area (Å²) in [6.45, 7) is 0. The zero-order valence-corrected chi connectivity index (χ0v) is 8.86. The second-order valence-corrected chi connectivity index (χ2v) is 3.58. The number of hydrogen-bond donors (Lipinski definition) is 1. The zero-order chi connectivity index (χ0) is 11.5. The van der Waals surface area contributed by atoms with Gasteiger partial charge in [-0.05, 0) is 18.9 Å². The van der Waals surface area contributed by atoms with Crippen LogP contribution in [0, 0.1) is 11.3 Å². The number of carbonyl (C=O) groups is 1. The van der Waals surface area contributed by atoms with Gasteiger partial charge < -0.3 is 10.1 Å². The molecule has 1 amide bonds. The van der Waals surface area contributed by atoms with E-state index in [1.165, 1.54) is 13.2 Å². The minimum Gasteiger partial charge on any atom is -0.489 e. The average molecular weight is 217 g/mol. The van der Waals surface area contributed by atoms with Gasteiger partial charge in [0.05, 0.1) is 17.9 Å².